The van der Waals surface area contributed by atoms with E-state index in [0.29, 0.717) is 19.4 Å². The molecular formula is C11H13NO2. The van der Waals surface area contributed by atoms with Gasteiger partial charge in [0, 0.05) is 24.8 Å². The fourth-order valence-electron chi connectivity index (χ4n) is 2.01. The van der Waals surface area contributed by atoms with Crippen molar-refractivity contribution in [2.24, 2.45) is 5.73 Å². The van der Waals surface area contributed by atoms with Crippen LogP contribution in [0.2, 0.25) is 0 Å². The maximum Gasteiger partial charge on any atom is 0.134 e. The number of hydrogen-bond acceptors (Lipinski definition) is 3. The fraction of sp³-hybridized carbons (Fsp3) is 0.364. The van der Waals surface area contributed by atoms with Gasteiger partial charge in [-0.15, -0.1) is 0 Å². The van der Waals surface area contributed by atoms with Gasteiger partial charge in [-0.2, -0.15) is 0 Å². The highest BCUT2D eigenvalue weighted by atomic mass is 16.3. The number of benzene rings is 1. The first-order valence-corrected chi connectivity index (χ1v) is 4.68. The van der Waals surface area contributed by atoms with Crippen LogP contribution in [-0.2, 0) is 10.2 Å². The van der Waals surface area contributed by atoms with Gasteiger partial charge in [-0.1, -0.05) is 12.1 Å². The molecule has 3 N–H and O–H groups in total. The highest BCUT2D eigenvalue weighted by Crippen LogP contribution is 2.41. The lowest BCUT2D eigenvalue weighted by Crippen LogP contribution is -2.47. The molecule has 0 bridgehead atoms. The number of carbonyl (C=O) groups excluding carboxylic acids is 1. The second-order valence-corrected chi connectivity index (χ2v) is 3.93. The molecular weight excluding hydrogens is 178 g/mol. The first kappa shape index (κ1) is 9.21. The molecule has 1 fully saturated rings. The summed E-state index contributed by atoms with van der Waals surface area (Å²) in [6.45, 7) is 0.461. The summed E-state index contributed by atoms with van der Waals surface area (Å²) in [5, 5.41) is 9.33. The fourth-order valence-corrected chi connectivity index (χ4v) is 2.01. The highest BCUT2D eigenvalue weighted by Gasteiger charge is 2.43. The van der Waals surface area contributed by atoms with E-state index in [1.165, 1.54) is 0 Å². The normalized spacial score (nSPS) is 19.1. The lowest BCUT2D eigenvalue weighted by atomic mass is 9.64. The van der Waals surface area contributed by atoms with Gasteiger partial charge < -0.3 is 10.8 Å². The van der Waals surface area contributed by atoms with Crippen molar-refractivity contribution in [2.45, 2.75) is 18.3 Å². The van der Waals surface area contributed by atoms with E-state index < -0.39 is 0 Å². The Morgan fingerprint density at radius 3 is 2.64 bits per heavy atom. The van der Waals surface area contributed by atoms with Crippen molar-refractivity contribution in [3.63, 3.8) is 0 Å². The maximum absolute atomic E-state index is 11.0. The number of phenolic OH excluding ortho intramolecular Hbond substituents is 1. The van der Waals surface area contributed by atoms with Gasteiger partial charge in [0.15, 0.2) is 0 Å². The minimum Gasteiger partial charge on any atom is -0.508 e. The predicted molar refractivity (Wildman–Crippen MR) is 53.1 cm³/mol. The van der Waals surface area contributed by atoms with Gasteiger partial charge in [-0.05, 0) is 17.7 Å². The molecule has 1 aliphatic rings. The number of carbonyl (C=O) groups is 1. The molecule has 0 saturated heterocycles. The molecule has 1 aromatic rings. The molecule has 1 aromatic carbocycles. The van der Waals surface area contributed by atoms with Crippen molar-refractivity contribution in [1.29, 1.82) is 0 Å². The van der Waals surface area contributed by atoms with Crippen LogP contribution in [0.3, 0.4) is 0 Å². The number of Topliss-reactive ketones (excluding diaryl/α,β-unsaturated/α-hetero) is 1. The maximum atomic E-state index is 11.0. The number of phenols is 1. The lowest BCUT2D eigenvalue weighted by Gasteiger charge is -2.39. The van der Waals surface area contributed by atoms with Crippen LogP contribution in [-0.4, -0.2) is 17.4 Å². The third-order valence-corrected chi connectivity index (χ3v) is 2.92. The van der Waals surface area contributed by atoms with Crippen LogP contribution in [0, 0.1) is 0 Å². The Hall–Kier alpha value is -1.35. The zero-order valence-electron chi connectivity index (χ0n) is 7.86. The van der Waals surface area contributed by atoms with Gasteiger partial charge in [0.05, 0.1) is 0 Å². The van der Waals surface area contributed by atoms with E-state index >= 15 is 0 Å². The van der Waals surface area contributed by atoms with E-state index in [1.54, 1.807) is 18.2 Å². The average Bonchev–Trinajstić information content (AvgIpc) is 2.12. The Kier molecular flexibility index (Phi) is 2.04. The van der Waals surface area contributed by atoms with Gasteiger partial charge in [-0.25, -0.2) is 0 Å². The first-order chi connectivity index (χ1) is 6.66. The van der Waals surface area contributed by atoms with E-state index in [1.807, 2.05) is 6.07 Å². The highest BCUT2D eigenvalue weighted by molar-refractivity contribution is 5.88. The first-order valence-electron chi connectivity index (χ1n) is 4.68. The third-order valence-electron chi connectivity index (χ3n) is 2.92. The number of rotatable bonds is 2. The second-order valence-electron chi connectivity index (χ2n) is 3.93. The molecule has 0 aromatic heterocycles. The molecule has 2 rings (SSSR count). The van der Waals surface area contributed by atoms with Crippen molar-refractivity contribution in [1.82, 2.24) is 0 Å². The topological polar surface area (TPSA) is 63.3 Å². The smallest absolute Gasteiger partial charge is 0.134 e. The largest absolute Gasteiger partial charge is 0.508 e. The number of nitrogens with two attached hydrogens (primary N) is 1. The Balaban J connectivity index is 2.33. The molecule has 1 aliphatic carbocycles. The summed E-state index contributed by atoms with van der Waals surface area (Å²) in [6, 6.07) is 7.01. The summed E-state index contributed by atoms with van der Waals surface area (Å²) in [5.41, 5.74) is 6.44. The molecule has 3 nitrogen and oxygen atoms in total. The molecule has 0 radical (unpaired) electrons. The molecule has 0 heterocycles. The quantitative estimate of drug-likeness (QED) is 0.731. The van der Waals surface area contributed by atoms with Crippen molar-refractivity contribution in [2.75, 3.05) is 6.54 Å². The van der Waals surface area contributed by atoms with E-state index in [2.05, 4.69) is 0 Å². The minimum absolute atomic E-state index is 0.212. The molecule has 0 aliphatic heterocycles. The zero-order chi connectivity index (χ0) is 10.2. The van der Waals surface area contributed by atoms with Crippen molar-refractivity contribution < 1.29 is 9.90 Å². The van der Waals surface area contributed by atoms with E-state index in [9.17, 15) is 9.90 Å². The number of hydrogen-bond donors (Lipinski definition) is 2. The van der Waals surface area contributed by atoms with Crippen molar-refractivity contribution in [3.05, 3.63) is 29.8 Å². The summed E-state index contributed by atoms with van der Waals surface area (Å²) in [6.07, 6.45) is 1.01. The Morgan fingerprint density at radius 2 is 2.14 bits per heavy atom. The molecule has 3 heteroatoms. The van der Waals surface area contributed by atoms with Crippen LogP contribution < -0.4 is 5.73 Å². The van der Waals surface area contributed by atoms with Crippen LogP contribution in [0.1, 0.15) is 18.4 Å². The standard InChI is InChI=1S/C11H13NO2/c12-7-11(5-10(14)6-11)8-2-1-3-9(13)4-8/h1-4,13H,5-7,12H2. The number of aromatic hydroxyl groups is 1. The monoisotopic (exact) mass is 191 g/mol. The summed E-state index contributed by atoms with van der Waals surface area (Å²) in [7, 11) is 0. The van der Waals surface area contributed by atoms with Crippen LogP contribution in [0.5, 0.6) is 5.75 Å². The molecule has 14 heavy (non-hydrogen) atoms. The minimum atomic E-state index is -0.212. The molecule has 0 atom stereocenters. The summed E-state index contributed by atoms with van der Waals surface area (Å²) >= 11 is 0. The summed E-state index contributed by atoms with van der Waals surface area (Å²) in [4.78, 5) is 11.0. The van der Waals surface area contributed by atoms with Crippen LogP contribution in [0.4, 0.5) is 0 Å². The van der Waals surface area contributed by atoms with Gasteiger partial charge >= 0.3 is 0 Å². The summed E-state index contributed by atoms with van der Waals surface area (Å²) < 4.78 is 0. The number of ketones is 1. The molecule has 0 amide bonds. The van der Waals surface area contributed by atoms with Crippen LogP contribution in [0.25, 0.3) is 0 Å². The van der Waals surface area contributed by atoms with E-state index in [0.717, 1.165) is 5.56 Å². The summed E-state index contributed by atoms with van der Waals surface area (Å²) in [5.74, 6) is 0.480. The molecule has 1 saturated carbocycles. The Morgan fingerprint density at radius 1 is 1.43 bits per heavy atom. The SMILES string of the molecule is NCC1(c2cccc(O)c2)CC(=O)C1. The predicted octanol–water partition coefficient (Wildman–Crippen LogP) is 0.952. The molecule has 0 spiro atoms. The van der Waals surface area contributed by atoms with Gasteiger partial charge in [-0.3, -0.25) is 4.79 Å². The molecule has 0 unspecified atom stereocenters. The lowest BCUT2D eigenvalue weighted by molar-refractivity contribution is -0.128. The zero-order valence-corrected chi connectivity index (χ0v) is 7.86. The van der Waals surface area contributed by atoms with Crippen LogP contribution >= 0.6 is 0 Å². The van der Waals surface area contributed by atoms with Gasteiger partial charge in [0.2, 0.25) is 0 Å². The van der Waals surface area contributed by atoms with Crippen molar-refractivity contribution in [3.8, 4) is 5.75 Å². The second kappa shape index (κ2) is 3.10. The average molecular weight is 191 g/mol. The van der Waals surface area contributed by atoms with Gasteiger partial charge in [0.25, 0.3) is 0 Å². The Labute approximate surface area is 82.5 Å². The van der Waals surface area contributed by atoms with Crippen LogP contribution in [0.15, 0.2) is 24.3 Å². The van der Waals surface area contributed by atoms with Crippen molar-refractivity contribution >= 4 is 5.78 Å². The third kappa shape index (κ3) is 1.30. The van der Waals surface area contributed by atoms with E-state index in [4.69, 9.17) is 5.73 Å². The van der Waals surface area contributed by atoms with Gasteiger partial charge in [0.1, 0.15) is 11.5 Å². The molecule has 74 valence electrons. The van der Waals surface area contributed by atoms with E-state index in [-0.39, 0.29) is 16.9 Å². The Bertz CT molecular complexity index is 365.